The van der Waals surface area contributed by atoms with Crippen molar-refractivity contribution in [1.82, 2.24) is 19.4 Å². The number of hydrogen-bond donors (Lipinski definition) is 2. The highest BCUT2D eigenvalue weighted by atomic mass is 16.3. The molecule has 0 radical (unpaired) electrons. The van der Waals surface area contributed by atoms with E-state index in [-0.39, 0.29) is 6.10 Å². The van der Waals surface area contributed by atoms with E-state index in [9.17, 15) is 5.11 Å². The lowest BCUT2D eigenvalue weighted by molar-refractivity contribution is 0.198. The van der Waals surface area contributed by atoms with Crippen molar-refractivity contribution < 1.29 is 5.11 Å². The Bertz CT molecular complexity index is 1080. The topological polar surface area (TPSA) is 69.5 Å². The maximum atomic E-state index is 9.83. The Morgan fingerprint density at radius 1 is 1.28 bits per heavy atom. The van der Waals surface area contributed by atoms with Crippen LogP contribution in [-0.2, 0) is 0 Å². The Morgan fingerprint density at radius 2 is 2.20 bits per heavy atom. The first-order valence-electron chi connectivity index (χ1n) is 8.54. The number of aromatic amines is 1. The van der Waals surface area contributed by atoms with Crippen LogP contribution in [0.5, 0.6) is 0 Å². The van der Waals surface area contributed by atoms with Crippen molar-refractivity contribution in [2.24, 2.45) is 0 Å². The molecule has 5 rings (SSSR count). The third kappa shape index (κ3) is 2.21. The minimum absolute atomic E-state index is 0.284. The average Bonchev–Trinajstić information content (AvgIpc) is 3.31. The van der Waals surface area contributed by atoms with E-state index >= 15 is 0 Å². The number of H-pyrrole nitrogens is 1. The minimum atomic E-state index is -0.284. The summed E-state index contributed by atoms with van der Waals surface area (Å²) in [4.78, 5) is 14.6. The molecule has 1 fully saturated rings. The Hall–Kier alpha value is -2.86. The molecule has 1 saturated heterocycles. The summed E-state index contributed by atoms with van der Waals surface area (Å²) in [5.74, 6) is 0.835. The number of fused-ring (bicyclic) bond motifs is 2. The van der Waals surface area contributed by atoms with Crippen LogP contribution in [0.15, 0.2) is 43.0 Å². The van der Waals surface area contributed by atoms with Crippen molar-refractivity contribution in [3.8, 4) is 11.3 Å². The van der Waals surface area contributed by atoms with Gasteiger partial charge in [-0.25, -0.2) is 9.97 Å². The third-order valence-corrected chi connectivity index (χ3v) is 4.99. The second-order valence-electron chi connectivity index (χ2n) is 6.73. The van der Waals surface area contributed by atoms with Crippen molar-refractivity contribution in [1.29, 1.82) is 0 Å². The zero-order valence-electron chi connectivity index (χ0n) is 14.0. The predicted octanol–water partition coefficient (Wildman–Crippen LogP) is 2.76. The van der Waals surface area contributed by atoms with Crippen molar-refractivity contribution in [3.63, 3.8) is 0 Å². The molecule has 3 aromatic heterocycles. The summed E-state index contributed by atoms with van der Waals surface area (Å²) in [6, 6.07) is 6.41. The molecule has 0 aliphatic carbocycles. The number of anilines is 1. The number of aliphatic hydroxyl groups is 1. The van der Waals surface area contributed by atoms with Gasteiger partial charge in [0, 0.05) is 48.1 Å². The SMILES string of the molecule is Cc1ccc2[nH]cc(-c3cnc4c(N5CCC(O)C5)nccn34)c2c1. The number of aromatic nitrogens is 4. The smallest absolute Gasteiger partial charge is 0.180 e. The first-order valence-corrected chi connectivity index (χ1v) is 8.54. The van der Waals surface area contributed by atoms with E-state index in [0.29, 0.717) is 6.54 Å². The number of aliphatic hydroxyl groups excluding tert-OH is 1. The van der Waals surface area contributed by atoms with Crippen LogP contribution in [0.2, 0.25) is 0 Å². The van der Waals surface area contributed by atoms with E-state index in [1.807, 2.05) is 18.6 Å². The molecule has 4 aromatic rings. The van der Waals surface area contributed by atoms with Gasteiger partial charge in [0.1, 0.15) is 0 Å². The van der Waals surface area contributed by atoms with Gasteiger partial charge in [-0.05, 0) is 25.5 Å². The summed E-state index contributed by atoms with van der Waals surface area (Å²) < 4.78 is 2.08. The normalized spacial score (nSPS) is 17.8. The summed E-state index contributed by atoms with van der Waals surface area (Å²) in [6.45, 7) is 3.52. The number of hydrogen-bond acceptors (Lipinski definition) is 4. The maximum Gasteiger partial charge on any atom is 0.180 e. The fourth-order valence-corrected chi connectivity index (χ4v) is 3.71. The van der Waals surface area contributed by atoms with Crippen LogP contribution in [0, 0.1) is 6.92 Å². The van der Waals surface area contributed by atoms with Gasteiger partial charge in [-0.15, -0.1) is 0 Å². The van der Waals surface area contributed by atoms with Crippen molar-refractivity contribution >= 4 is 22.4 Å². The molecule has 1 aliphatic heterocycles. The zero-order valence-corrected chi connectivity index (χ0v) is 14.0. The summed E-state index contributed by atoms with van der Waals surface area (Å²) in [5, 5.41) is 11.0. The van der Waals surface area contributed by atoms with Crippen LogP contribution in [0.3, 0.4) is 0 Å². The summed E-state index contributed by atoms with van der Waals surface area (Å²) >= 11 is 0. The van der Waals surface area contributed by atoms with Crippen molar-refractivity contribution in [3.05, 3.63) is 48.5 Å². The Kier molecular flexibility index (Phi) is 3.08. The fraction of sp³-hybridized carbons (Fsp3) is 0.263. The Morgan fingerprint density at radius 3 is 3.04 bits per heavy atom. The summed E-state index contributed by atoms with van der Waals surface area (Å²) in [7, 11) is 0. The lowest BCUT2D eigenvalue weighted by atomic mass is 10.1. The summed E-state index contributed by atoms with van der Waals surface area (Å²) in [6.07, 6.45) is 8.18. The van der Waals surface area contributed by atoms with Crippen LogP contribution in [0.4, 0.5) is 5.82 Å². The van der Waals surface area contributed by atoms with Gasteiger partial charge in [0.2, 0.25) is 0 Å². The molecular formula is C19H19N5O. The Labute approximate surface area is 144 Å². The molecular weight excluding hydrogens is 314 g/mol. The minimum Gasteiger partial charge on any atom is -0.391 e. The number of nitrogens with zero attached hydrogens (tertiary/aromatic N) is 4. The molecule has 0 saturated carbocycles. The van der Waals surface area contributed by atoms with E-state index in [0.717, 1.165) is 41.2 Å². The molecule has 0 spiro atoms. The highest BCUT2D eigenvalue weighted by molar-refractivity contribution is 5.95. The first kappa shape index (κ1) is 14.5. The molecule has 0 amide bonds. The quantitative estimate of drug-likeness (QED) is 0.592. The third-order valence-electron chi connectivity index (χ3n) is 4.99. The number of β-amino-alcohol motifs (C(OH)–C–C–N with tert-alkyl or cyclic N) is 1. The largest absolute Gasteiger partial charge is 0.391 e. The van der Waals surface area contributed by atoms with E-state index in [4.69, 9.17) is 0 Å². The van der Waals surface area contributed by atoms with Gasteiger partial charge in [-0.1, -0.05) is 11.6 Å². The maximum absolute atomic E-state index is 9.83. The summed E-state index contributed by atoms with van der Waals surface area (Å²) in [5.41, 5.74) is 5.34. The monoisotopic (exact) mass is 333 g/mol. The molecule has 1 aromatic carbocycles. The second-order valence-corrected chi connectivity index (χ2v) is 6.73. The molecule has 25 heavy (non-hydrogen) atoms. The van der Waals surface area contributed by atoms with E-state index in [1.54, 1.807) is 6.20 Å². The number of nitrogens with one attached hydrogen (secondary N) is 1. The van der Waals surface area contributed by atoms with Gasteiger partial charge in [-0.3, -0.25) is 4.40 Å². The molecule has 126 valence electrons. The van der Waals surface area contributed by atoms with Crippen molar-refractivity contribution in [2.75, 3.05) is 18.0 Å². The lowest BCUT2D eigenvalue weighted by Gasteiger charge is -2.17. The molecule has 4 heterocycles. The van der Waals surface area contributed by atoms with Crippen LogP contribution in [0.25, 0.3) is 27.8 Å². The number of aryl methyl sites for hydroxylation is 1. The van der Waals surface area contributed by atoms with Crippen molar-refractivity contribution in [2.45, 2.75) is 19.4 Å². The molecule has 1 aliphatic rings. The van der Waals surface area contributed by atoms with E-state index < -0.39 is 0 Å². The van der Waals surface area contributed by atoms with Gasteiger partial charge < -0.3 is 15.0 Å². The van der Waals surface area contributed by atoms with Crippen LogP contribution < -0.4 is 4.90 Å². The fourth-order valence-electron chi connectivity index (χ4n) is 3.71. The van der Waals surface area contributed by atoms with Crippen LogP contribution >= 0.6 is 0 Å². The number of rotatable bonds is 2. The Balaban J connectivity index is 1.69. The average molecular weight is 333 g/mol. The zero-order chi connectivity index (χ0) is 17.0. The lowest BCUT2D eigenvalue weighted by Crippen LogP contribution is -2.23. The highest BCUT2D eigenvalue weighted by Crippen LogP contribution is 2.32. The molecule has 1 atom stereocenters. The molecule has 6 heteroatoms. The molecule has 1 unspecified atom stereocenters. The molecule has 6 nitrogen and oxygen atoms in total. The van der Waals surface area contributed by atoms with Gasteiger partial charge >= 0.3 is 0 Å². The van der Waals surface area contributed by atoms with Gasteiger partial charge in [0.05, 0.1) is 18.0 Å². The van der Waals surface area contributed by atoms with E-state index in [1.165, 1.54) is 10.9 Å². The number of imidazole rings is 1. The second kappa shape index (κ2) is 5.32. The number of benzene rings is 1. The molecule has 0 bridgehead atoms. The predicted molar refractivity (Wildman–Crippen MR) is 97.9 cm³/mol. The van der Waals surface area contributed by atoms with Crippen LogP contribution in [-0.4, -0.2) is 43.7 Å². The van der Waals surface area contributed by atoms with E-state index in [2.05, 4.69) is 49.4 Å². The van der Waals surface area contributed by atoms with Gasteiger partial charge in [-0.2, -0.15) is 0 Å². The van der Waals surface area contributed by atoms with Gasteiger partial charge in [0.15, 0.2) is 11.5 Å². The molecule has 2 N–H and O–H groups in total. The standard InChI is InChI=1S/C19H19N5O/c1-12-2-3-16-14(8-12)15(9-21-16)17-10-22-19-18(20-5-7-24(17)19)23-6-4-13(25)11-23/h2-3,5,7-10,13,21,25H,4,6,11H2,1H3. The first-order chi connectivity index (χ1) is 12.2. The van der Waals surface area contributed by atoms with Crippen LogP contribution in [0.1, 0.15) is 12.0 Å². The highest BCUT2D eigenvalue weighted by Gasteiger charge is 2.24. The van der Waals surface area contributed by atoms with Gasteiger partial charge in [0.25, 0.3) is 0 Å².